The van der Waals surface area contributed by atoms with E-state index in [0.29, 0.717) is 18.4 Å². The van der Waals surface area contributed by atoms with Crippen LogP contribution in [0, 0.1) is 5.92 Å². The van der Waals surface area contributed by atoms with Gasteiger partial charge in [-0.1, -0.05) is 42.5 Å². The summed E-state index contributed by atoms with van der Waals surface area (Å²) in [5.41, 5.74) is 2.76. The van der Waals surface area contributed by atoms with E-state index in [1.165, 1.54) is 6.92 Å². The van der Waals surface area contributed by atoms with Crippen molar-refractivity contribution in [3.8, 4) is 0 Å². The van der Waals surface area contributed by atoms with Crippen LogP contribution in [0.15, 0.2) is 54.6 Å². The van der Waals surface area contributed by atoms with Crippen molar-refractivity contribution in [2.24, 2.45) is 5.92 Å². The molecule has 0 aromatic heterocycles. The van der Waals surface area contributed by atoms with E-state index in [9.17, 15) is 14.4 Å². The van der Waals surface area contributed by atoms with Crippen molar-refractivity contribution in [1.29, 1.82) is 0 Å². The second kappa shape index (κ2) is 8.03. The van der Waals surface area contributed by atoms with Crippen LogP contribution in [0.25, 0.3) is 0 Å². The molecular weight excluding hydrogens is 344 g/mol. The Morgan fingerprint density at radius 3 is 2.04 bits per heavy atom. The fourth-order valence-corrected chi connectivity index (χ4v) is 3.41. The molecule has 0 unspecified atom stereocenters. The number of carbonyl (C=O) groups is 3. The van der Waals surface area contributed by atoms with Crippen molar-refractivity contribution in [2.45, 2.75) is 31.8 Å². The second-order valence-corrected chi connectivity index (χ2v) is 6.82. The van der Waals surface area contributed by atoms with Crippen LogP contribution >= 0.6 is 0 Å². The Morgan fingerprint density at radius 1 is 0.926 bits per heavy atom. The van der Waals surface area contributed by atoms with Crippen molar-refractivity contribution in [3.05, 3.63) is 71.3 Å². The van der Waals surface area contributed by atoms with Gasteiger partial charge in [-0.25, -0.2) is 0 Å². The summed E-state index contributed by atoms with van der Waals surface area (Å²) >= 11 is 0. The van der Waals surface area contributed by atoms with Crippen LogP contribution in [0.4, 0.5) is 0 Å². The summed E-state index contributed by atoms with van der Waals surface area (Å²) in [6, 6.07) is 14.8. The molecule has 2 aromatic carbocycles. The van der Waals surface area contributed by atoms with Crippen LogP contribution in [0.2, 0.25) is 0 Å². The number of hydrogen-bond acceptors (Lipinski definition) is 3. The maximum atomic E-state index is 12.8. The minimum atomic E-state index is -1.12. The molecule has 1 aliphatic carbocycles. The van der Waals surface area contributed by atoms with Gasteiger partial charge in [0.25, 0.3) is 5.91 Å². The first kappa shape index (κ1) is 18.6. The van der Waals surface area contributed by atoms with Gasteiger partial charge in [-0.15, -0.1) is 0 Å². The fourth-order valence-electron chi connectivity index (χ4n) is 3.41. The molecule has 6 heteroatoms. The Bertz CT molecular complexity index is 825. The largest absolute Gasteiger partial charge is 0.480 e. The number of nitrogens with one attached hydrogen (secondary N) is 2. The highest BCUT2D eigenvalue weighted by Crippen LogP contribution is 2.29. The maximum Gasteiger partial charge on any atom is 0.325 e. The number of carboxylic acid groups (broad SMARTS) is 1. The van der Waals surface area contributed by atoms with Crippen LogP contribution in [0.5, 0.6) is 0 Å². The molecule has 0 saturated carbocycles. The first-order valence-corrected chi connectivity index (χ1v) is 8.91. The third-order valence-electron chi connectivity index (χ3n) is 4.89. The second-order valence-electron chi connectivity index (χ2n) is 6.82. The molecule has 6 nitrogen and oxygen atoms in total. The quantitative estimate of drug-likeness (QED) is 0.726. The lowest BCUT2D eigenvalue weighted by Gasteiger charge is -2.25. The van der Waals surface area contributed by atoms with Crippen LogP contribution in [-0.2, 0) is 22.4 Å². The number of aliphatic carboxylic acids is 1. The van der Waals surface area contributed by atoms with Gasteiger partial charge in [0, 0.05) is 5.56 Å². The number of hydrogen-bond donors (Lipinski definition) is 3. The molecule has 27 heavy (non-hydrogen) atoms. The van der Waals surface area contributed by atoms with Gasteiger partial charge in [-0.2, -0.15) is 0 Å². The topological polar surface area (TPSA) is 95.5 Å². The zero-order valence-electron chi connectivity index (χ0n) is 15.0. The molecule has 3 rings (SSSR count). The summed E-state index contributed by atoms with van der Waals surface area (Å²) in [5.74, 6) is -2.08. The number of carboxylic acids is 1. The van der Waals surface area contributed by atoms with Gasteiger partial charge in [0.15, 0.2) is 0 Å². The average Bonchev–Trinajstić information content (AvgIpc) is 3.10. The maximum absolute atomic E-state index is 12.8. The first-order chi connectivity index (χ1) is 13.0. The minimum Gasteiger partial charge on any atom is -0.480 e. The lowest BCUT2D eigenvalue weighted by atomic mass is 9.95. The molecule has 0 radical (unpaired) electrons. The van der Waals surface area contributed by atoms with E-state index in [1.807, 2.05) is 30.3 Å². The monoisotopic (exact) mass is 366 g/mol. The predicted molar refractivity (Wildman–Crippen MR) is 100 cm³/mol. The highest BCUT2D eigenvalue weighted by atomic mass is 16.4. The molecule has 0 spiro atoms. The number of benzene rings is 2. The van der Waals surface area contributed by atoms with Crippen LogP contribution in [0.3, 0.4) is 0 Å². The normalized spacial score (nSPS) is 15.4. The molecule has 0 heterocycles. The number of rotatable bonds is 6. The molecular formula is C21H22N2O4. The van der Waals surface area contributed by atoms with Crippen molar-refractivity contribution in [1.82, 2.24) is 10.6 Å². The molecule has 1 aliphatic rings. The number of amides is 2. The summed E-state index contributed by atoms with van der Waals surface area (Å²) in [6.45, 7) is 1.40. The van der Waals surface area contributed by atoms with E-state index in [0.717, 1.165) is 11.1 Å². The minimum absolute atomic E-state index is 0.129. The van der Waals surface area contributed by atoms with Crippen LogP contribution in [0.1, 0.15) is 28.4 Å². The first-order valence-electron chi connectivity index (χ1n) is 8.91. The van der Waals surface area contributed by atoms with E-state index >= 15 is 0 Å². The van der Waals surface area contributed by atoms with E-state index in [4.69, 9.17) is 5.11 Å². The highest BCUT2D eigenvalue weighted by Gasteiger charge is 2.35. The van der Waals surface area contributed by atoms with E-state index in [1.54, 1.807) is 24.3 Å². The van der Waals surface area contributed by atoms with Crippen molar-refractivity contribution in [2.75, 3.05) is 0 Å². The fraction of sp³-hybridized carbons (Fsp3) is 0.286. The Labute approximate surface area is 157 Å². The van der Waals surface area contributed by atoms with E-state index < -0.39 is 24.0 Å². The van der Waals surface area contributed by atoms with Crippen molar-refractivity contribution < 1.29 is 19.5 Å². The van der Waals surface area contributed by atoms with Crippen LogP contribution < -0.4 is 10.6 Å². The molecule has 2 amide bonds. The van der Waals surface area contributed by atoms with E-state index in [-0.39, 0.29) is 11.8 Å². The average molecular weight is 366 g/mol. The number of fused-ring (bicyclic) bond motifs is 1. The summed E-state index contributed by atoms with van der Waals surface area (Å²) in [5, 5.41) is 14.4. The van der Waals surface area contributed by atoms with Gasteiger partial charge in [-0.05, 0) is 48.9 Å². The molecule has 2 aromatic rings. The van der Waals surface area contributed by atoms with Gasteiger partial charge in [0.05, 0.1) is 0 Å². The Morgan fingerprint density at radius 2 is 1.48 bits per heavy atom. The highest BCUT2D eigenvalue weighted by molar-refractivity contribution is 5.98. The summed E-state index contributed by atoms with van der Waals surface area (Å²) in [7, 11) is 0. The summed E-state index contributed by atoms with van der Waals surface area (Å²) < 4.78 is 0. The molecule has 0 aliphatic heterocycles. The zero-order valence-corrected chi connectivity index (χ0v) is 15.0. The van der Waals surface area contributed by atoms with Crippen LogP contribution in [-0.4, -0.2) is 35.0 Å². The molecule has 0 saturated heterocycles. The SMILES string of the molecule is C[C@H](NC(=O)[C@H](NC(=O)c1ccccc1)C1Cc2ccccc2C1)C(=O)O. The summed E-state index contributed by atoms with van der Waals surface area (Å²) in [6.07, 6.45) is 1.32. The molecule has 3 N–H and O–H groups in total. The van der Waals surface area contributed by atoms with Crippen molar-refractivity contribution >= 4 is 17.8 Å². The Balaban J connectivity index is 1.80. The molecule has 0 bridgehead atoms. The third kappa shape index (κ3) is 4.34. The molecule has 140 valence electrons. The predicted octanol–water partition coefficient (Wildman–Crippen LogP) is 1.79. The number of carbonyl (C=O) groups excluding carboxylic acids is 2. The third-order valence-corrected chi connectivity index (χ3v) is 4.89. The molecule has 2 atom stereocenters. The zero-order chi connectivity index (χ0) is 19.4. The van der Waals surface area contributed by atoms with Crippen molar-refractivity contribution in [3.63, 3.8) is 0 Å². The lowest BCUT2D eigenvalue weighted by molar-refractivity contribution is -0.141. The van der Waals surface area contributed by atoms with Gasteiger partial charge >= 0.3 is 5.97 Å². The molecule has 0 fully saturated rings. The smallest absolute Gasteiger partial charge is 0.325 e. The van der Waals surface area contributed by atoms with Gasteiger partial charge in [0.1, 0.15) is 12.1 Å². The van der Waals surface area contributed by atoms with Gasteiger partial charge in [-0.3, -0.25) is 14.4 Å². The summed E-state index contributed by atoms with van der Waals surface area (Å²) in [4.78, 5) is 36.5. The van der Waals surface area contributed by atoms with Gasteiger partial charge < -0.3 is 15.7 Å². The lowest BCUT2D eigenvalue weighted by Crippen LogP contribution is -2.54. The van der Waals surface area contributed by atoms with Gasteiger partial charge in [0.2, 0.25) is 5.91 Å². The standard InChI is InChI=1S/C21H22N2O4/c1-13(21(26)27)22-20(25)18(23-19(24)14-7-3-2-4-8-14)17-11-15-9-5-6-10-16(15)12-17/h2-10,13,17-18H,11-12H2,1H3,(H,22,25)(H,23,24)(H,26,27)/t13-,18+/m0/s1. The Hall–Kier alpha value is -3.15. The Kier molecular flexibility index (Phi) is 5.54. The van der Waals surface area contributed by atoms with E-state index in [2.05, 4.69) is 10.6 Å².